The van der Waals surface area contributed by atoms with E-state index in [0.717, 1.165) is 11.1 Å². The van der Waals surface area contributed by atoms with Crippen LogP contribution in [0.15, 0.2) is 47.3 Å². The molecule has 2 aromatic carbocycles. The Morgan fingerprint density at radius 3 is 2.43 bits per heavy atom. The number of hydrogen-bond acceptors (Lipinski definition) is 5. The number of nitrogens with zero attached hydrogens (tertiary/aromatic N) is 1. The van der Waals surface area contributed by atoms with Crippen molar-refractivity contribution in [2.75, 3.05) is 6.61 Å². The molecule has 0 bridgehead atoms. The summed E-state index contributed by atoms with van der Waals surface area (Å²) in [5.74, 6) is -0.306. The van der Waals surface area contributed by atoms with Crippen molar-refractivity contribution >= 4 is 34.9 Å². The highest BCUT2D eigenvalue weighted by Gasteiger charge is 2.10. The molecule has 0 spiro atoms. The third-order valence-corrected chi connectivity index (χ3v) is 4.87. The summed E-state index contributed by atoms with van der Waals surface area (Å²) >= 11 is 5.22. The minimum Gasteiger partial charge on any atom is -0.483 e. The number of carbonyl (C=O) groups excluding carboxylic acids is 2. The van der Waals surface area contributed by atoms with Gasteiger partial charge in [0, 0.05) is 13.0 Å². The topological polar surface area (TPSA) is 105 Å². The van der Waals surface area contributed by atoms with Gasteiger partial charge in [-0.25, -0.2) is 0 Å². The van der Waals surface area contributed by atoms with E-state index in [-0.39, 0.29) is 29.9 Å². The van der Waals surface area contributed by atoms with Crippen molar-refractivity contribution in [2.45, 2.75) is 26.8 Å². The molecule has 0 aliphatic carbocycles. The molecular weight excluding hydrogens is 404 g/mol. The molecule has 156 valence electrons. The number of fused-ring (bicyclic) bond motifs is 1. The van der Waals surface area contributed by atoms with Crippen molar-refractivity contribution in [3.63, 3.8) is 0 Å². The van der Waals surface area contributed by atoms with Crippen LogP contribution in [0.3, 0.4) is 0 Å². The summed E-state index contributed by atoms with van der Waals surface area (Å²) in [4.78, 5) is 39.5. The van der Waals surface area contributed by atoms with Gasteiger partial charge in [-0.2, -0.15) is 0 Å². The standard InChI is InChI=1S/C21H22N4O4S/c1-13-6-5-7-14(2)19(13)29-12-18(27)24-23-17(26)10-11-25-20(28)15-8-3-4-9-16(15)22-21(25)30/h3-9H,10-12H2,1-2H3,(H,22,30)(H,23,26)(H,24,27). The van der Waals surface area contributed by atoms with E-state index in [9.17, 15) is 14.4 Å². The van der Waals surface area contributed by atoms with Crippen LogP contribution in [0.4, 0.5) is 0 Å². The first kappa shape index (κ1) is 21.3. The van der Waals surface area contributed by atoms with Gasteiger partial charge in [0.25, 0.3) is 11.5 Å². The van der Waals surface area contributed by atoms with Crippen molar-refractivity contribution < 1.29 is 14.3 Å². The molecule has 0 aliphatic rings. The summed E-state index contributed by atoms with van der Waals surface area (Å²) in [6, 6.07) is 12.7. The second kappa shape index (κ2) is 9.36. The number of nitrogens with one attached hydrogen (secondary N) is 3. The van der Waals surface area contributed by atoms with E-state index in [1.165, 1.54) is 4.57 Å². The van der Waals surface area contributed by atoms with Gasteiger partial charge in [0.2, 0.25) is 5.91 Å². The van der Waals surface area contributed by atoms with Crippen LogP contribution >= 0.6 is 12.2 Å². The molecular formula is C21H22N4O4S. The zero-order valence-corrected chi connectivity index (χ0v) is 17.5. The van der Waals surface area contributed by atoms with Crippen molar-refractivity contribution in [1.82, 2.24) is 20.4 Å². The molecule has 0 saturated carbocycles. The second-order valence-corrected chi connectivity index (χ2v) is 7.18. The van der Waals surface area contributed by atoms with Gasteiger partial charge in [0.1, 0.15) is 5.75 Å². The first-order valence-corrected chi connectivity index (χ1v) is 9.76. The minimum atomic E-state index is -0.494. The molecule has 0 unspecified atom stereocenters. The number of aromatic nitrogens is 2. The summed E-state index contributed by atoms with van der Waals surface area (Å²) in [7, 11) is 0. The van der Waals surface area contributed by atoms with E-state index in [1.807, 2.05) is 32.0 Å². The number of hydrogen-bond donors (Lipinski definition) is 3. The van der Waals surface area contributed by atoms with Crippen LogP contribution in [0.2, 0.25) is 0 Å². The van der Waals surface area contributed by atoms with Crippen molar-refractivity contribution in [1.29, 1.82) is 0 Å². The van der Waals surface area contributed by atoms with Gasteiger partial charge >= 0.3 is 0 Å². The second-order valence-electron chi connectivity index (χ2n) is 6.79. The predicted octanol–water partition coefficient (Wildman–Crippen LogP) is 2.29. The van der Waals surface area contributed by atoms with E-state index >= 15 is 0 Å². The van der Waals surface area contributed by atoms with E-state index in [1.54, 1.807) is 24.3 Å². The fourth-order valence-electron chi connectivity index (χ4n) is 3.02. The number of benzene rings is 2. The largest absolute Gasteiger partial charge is 0.483 e. The average molecular weight is 426 g/mol. The minimum absolute atomic E-state index is 0.0340. The summed E-state index contributed by atoms with van der Waals surface area (Å²) < 4.78 is 7.09. The summed E-state index contributed by atoms with van der Waals surface area (Å²) in [5, 5.41) is 0.489. The predicted molar refractivity (Wildman–Crippen MR) is 116 cm³/mol. The van der Waals surface area contributed by atoms with Crippen molar-refractivity contribution in [2.24, 2.45) is 0 Å². The highest BCUT2D eigenvalue weighted by Crippen LogP contribution is 2.21. The maximum Gasteiger partial charge on any atom is 0.276 e. The Labute approximate surface area is 177 Å². The molecule has 0 fully saturated rings. The van der Waals surface area contributed by atoms with Crippen LogP contribution in [0.1, 0.15) is 17.5 Å². The molecule has 1 heterocycles. The van der Waals surface area contributed by atoms with Crippen LogP contribution in [-0.4, -0.2) is 28.0 Å². The van der Waals surface area contributed by atoms with Crippen LogP contribution < -0.4 is 21.1 Å². The molecule has 3 N–H and O–H groups in total. The third kappa shape index (κ3) is 4.93. The highest BCUT2D eigenvalue weighted by atomic mass is 32.1. The van der Waals surface area contributed by atoms with Crippen LogP contribution in [0.5, 0.6) is 5.75 Å². The molecule has 0 aliphatic heterocycles. The number of ether oxygens (including phenoxy) is 1. The van der Waals surface area contributed by atoms with E-state index in [0.29, 0.717) is 16.7 Å². The van der Waals surface area contributed by atoms with Crippen LogP contribution in [0, 0.1) is 18.6 Å². The van der Waals surface area contributed by atoms with Crippen molar-refractivity contribution in [3.8, 4) is 5.75 Å². The van der Waals surface area contributed by atoms with Crippen molar-refractivity contribution in [3.05, 3.63) is 68.7 Å². The normalized spacial score (nSPS) is 10.6. The Morgan fingerprint density at radius 2 is 1.70 bits per heavy atom. The number of para-hydroxylation sites is 2. The Hall–Kier alpha value is -3.46. The SMILES string of the molecule is Cc1cccc(C)c1OCC(=O)NNC(=O)CCn1c(=S)[nH]c2ccccc2c1=O. The maximum absolute atomic E-state index is 12.6. The Kier molecular flexibility index (Phi) is 6.63. The molecule has 2 amide bonds. The van der Waals surface area contributed by atoms with Crippen LogP contribution in [-0.2, 0) is 16.1 Å². The van der Waals surface area contributed by atoms with Gasteiger partial charge in [0.05, 0.1) is 10.9 Å². The fourth-order valence-corrected chi connectivity index (χ4v) is 3.30. The van der Waals surface area contributed by atoms with E-state index in [2.05, 4.69) is 15.8 Å². The highest BCUT2D eigenvalue weighted by molar-refractivity contribution is 7.71. The molecule has 9 heteroatoms. The van der Waals surface area contributed by atoms with E-state index < -0.39 is 11.8 Å². The number of rotatable bonds is 6. The number of carbonyl (C=O) groups is 2. The van der Waals surface area contributed by atoms with Crippen LogP contribution in [0.25, 0.3) is 10.9 Å². The summed E-state index contributed by atoms with van der Waals surface area (Å²) in [5.41, 5.74) is 6.83. The van der Waals surface area contributed by atoms with Gasteiger partial charge in [-0.05, 0) is 49.3 Å². The Bertz CT molecular complexity index is 1200. The lowest BCUT2D eigenvalue weighted by Crippen LogP contribution is -2.44. The van der Waals surface area contributed by atoms with Gasteiger partial charge in [-0.15, -0.1) is 0 Å². The maximum atomic E-state index is 12.6. The van der Waals surface area contributed by atoms with Gasteiger partial charge in [0.15, 0.2) is 11.4 Å². The Balaban J connectivity index is 1.52. The molecule has 8 nitrogen and oxygen atoms in total. The quantitative estimate of drug-likeness (QED) is 0.414. The lowest BCUT2D eigenvalue weighted by atomic mass is 10.1. The number of aryl methyl sites for hydroxylation is 2. The monoisotopic (exact) mass is 426 g/mol. The average Bonchev–Trinajstić information content (AvgIpc) is 2.71. The Morgan fingerprint density at radius 1 is 1.03 bits per heavy atom. The first-order valence-electron chi connectivity index (χ1n) is 9.35. The first-order chi connectivity index (χ1) is 14.4. The smallest absolute Gasteiger partial charge is 0.276 e. The third-order valence-electron chi connectivity index (χ3n) is 4.55. The molecule has 0 radical (unpaired) electrons. The zero-order chi connectivity index (χ0) is 21.7. The van der Waals surface area contributed by atoms with Gasteiger partial charge in [-0.1, -0.05) is 30.3 Å². The zero-order valence-electron chi connectivity index (χ0n) is 16.7. The molecule has 30 heavy (non-hydrogen) atoms. The molecule has 0 atom stereocenters. The fraction of sp³-hybridized carbons (Fsp3) is 0.238. The summed E-state index contributed by atoms with van der Waals surface area (Å²) in [6.07, 6.45) is -0.0340. The lowest BCUT2D eigenvalue weighted by molar-refractivity contribution is -0.130. The van der Waals surface area contributed by atoms with E-state index in [4.69, 9.17) is 17.0 Å². The number of hydrazine groups is 1. The molecule has 1 aromatic heterocycles. The van der Waals surface area contributed by atoms with Gasteiger partial charge < -0.3 is 9.72 Å². The summed E-state index contributed by atoms with van der Waals surface area (Å²) in [6.45, 7) is 3.63. The van der Waals surface area contributed by atoms with Gasteiger partial charge in [-0.3, -0.25) is 29.8 Å². The molecule has 0 saturated heterocycles. The molecule has 3 rings (SSSR count). The number of amides is 2. The number of H-pyrrole nitrogens is 1. The lowest BCUT2D eigenvalue weighted by Gasteiger charge is -2.12. The number of aromatic amines is 1. The molecule has 3 aromatic rings.